The number of nitrogens with zero attached hydrogens (tertiary/aromatic N) is 5. The fourth-order valence-corrected chi connectivity index (χ4v) is 6.44. The molecule has 1 aromatic heterocycles. The zero-order chi connectivity index (χ0) is 25.7. The zero-order valence-corrected chi connectivity index (χ0v) is 22.4. The molecule has 4 heterocycles. The highest BCUT2D eigenvalue weighted by atomic mass is 16.5. The first kappa shape index (κ1) is 25.4. The maximum Gasteiger partial charge on any atom is 0.323 e. The predicted octanol–water partition coefficient (Wildman–Crippen LogP) is 4.52. The van der Waals surface area contributed by atoms with Gasteiger partial charge < -0.3 is 20.3 Å². The van der Waals surface area contributed by atoms with Crippen molar-refractivity contribution >= 4 is 29.2 Å². The second kappa shape index (κ2) is 11.9. The minimum absolute atomic E-state index is 0.0423. The minimum Gasteiger partial charge on any atom is -0.379 e. The monoisotopic (exact) mass is 519 g/mol. The number of hydrogen-bond acceptors (Lipinski definition) is 7. The van der Waals surface area contributed by atoms with Crippen molar-refractivity contribution in [2.45, 2.75) is 64.0 Å². The van der Waals surface area contributed by atoms with Gasteiger partial charge in [0.15, 0.2) is 0 Å². The molecule has 0 radical (unpaired) electrons. The van der Waals surface area contributed by atoms with E-state index in [1.54, 1.807) is 0 Å². The quantitative estimate of drug-likeness (QED) is 0.530. The zero-order valence-electron chi connectivity index (χ0n) is 22.4. The van der Waals surface area contributed by atoms with E-state index in [0.717, 1.165) is 75.2 Å². The third-order valence-electron chi connectivity index (χ3n) is 8.70. The minimum atomic E-state index is -0.0423. The van der Waals surface area contributed by atoms with Gasteiger partial charge in [-0.2, -0.15) is 4.98 Å². The smallest absolute Gasteiger partial charge is 0.323 e. The lowest BCUT2D eigenvalue weighted by Crippen LogP contribution is -2.49. The van der Waals surface area contributed by atoms with Crippen molar-refractivity contribution in [3.05, 3.63) is 36.0 Å². The van der Waals surface area contributed by atoms with Crippen LogP contribution in [0.2, 0.25) is 0 Å². The van der Waals surface area contributed by atoms with E-state index < -0.39 is 0 Å². The molecule has 4 aliphatic rings. The summed E-state index contributed by atoms with van der Waals surface area (Å²) < 4.78 is 5.46. The molecule has 3 aliphatic heterocycles. The van der Waals surface area contributed by atoms with Crippen LogP contribution < -0.4 is 20.4 Å². The molecule has 0 spiro atoms. The van der Waals surface area contributed by atoms with Crippen LogP contribution in [-0.2, 0) is 11.3 Å². The van der Waals surface area contributed by atoms with Gasteiger partial charge in [-0.15, -0.1) is 0 Å². The highest BCUT2D eigenvalue weighted by Crippen LogP contribution is 2.32. The average molecular weight is 520 g/mol. The molecule has 0 bridgehead atoms. The van der Waals surface area contributed by atoms with E-state index in [1.165, 1.54) is 50.8 Å². The number of carbonyl (C=O) groups is 1. The van der Waals surface area contributed by atoms with E-state index in [9.17, 15) is 4.79 Å². The van der Waals surface area contributed by atoms with Crippen LogP contribution in [0, 0.1) is 5.92 Å². The fourth-order valence-electron chi connectivity index (χ4n) is 6.44. The van der Waals surface area contributed by atoms with E-state index in [0.29, 0.717) is 12.5 Å². The number of ether oxygens (including phenoxy) is 1. The molecule has 9 nitrogen and oxygen atoms in total. The number of piperidine rings is 1. The maximum atomic E-state index is 12.7. The van der Waals surface area contributed by atoms with E-state index in [-0.39, 0.29) is 12.1 Å². The van der Waals surface area contributed by atoms with Crippen LogP contribution in [0.4, 0.5) is 27.9 Å². The number of anilines is 4. The summed E-state index contributed by atoms with van der Waals surface area (Å²) >= 11 is 0. The summed E-state index contributed by atoms with van der Waals surface area (Å²) in [4.78, 5) is 28.9. The van der Waals surface area contributed by atoms with Crippen molar-refractivity contribution in [3.63, 3.8) is 0 Å². The molecular weight excluding hydrogens is 478 g/mol. The lowest BCUT2D eigenvalue weighted by molar-refractivity contribution is 0.0365. The average Bonchev–Trinajstić information content (AvgIpc) is 3.49. The van der Waals surface area contributed by atoms with Crippen molar-refractivity contribution in [1.29, 1.82) is 0 Å². The number of aromatic nitrogens is 2. The van der Waals surface area contributed by atoms with Gasteiger partial charge in [-0.1, -0.05) is 12.8 Å². The van der Waals surface area contributed by atoms with Gasteiger partial charge in [0, 0.05) is 61.9 Å². The Labute approximate surface area is 225 Å². The third-order valence-corrected chi connectivity index (χ3v) is 8.70. The normalized spacial score (nSPS) is 21.4. The van der Waals surface area contributed by atoms with Gasteiger partial charge >= 0.3 is 6.03 Å². The highest BCUT2D eigenvalue weighted by Gasteiger charge is 2.33. The van der Waals surface area contributed by atoms with Crippen molar-refractivity contribution in [2.24, 2.45) is 5.92 Å². The number of urea groups is 1. The van der Waals surface area contributed by atoms with Crippen LogP contribution in [-0.4, -0.2) is 72.9 Å². The molecule has 9 heteroatoms. The number of benzene rings is 1. The van der Waals surface area contributed by atoms with Crippen LogP contribution in [0.1, 0.15) is 56.9 Å². The molecule has 2 saturated heterocycles. The van der Waals surface area contributed by atoms with Gasteiger partial charge in [0.25, 0.3) is 0 Å². The predicted molar refractivity (Wildman–Crippen MR) is 150 cm³/mol. The molecule has 0 atom stereocenters. The van der Waals surface area contributed by atoms with Crippen molar-refractivity contribution < 1.29 is 9.53 Å². The van der Waals surface area contributed by atoms with Gasteiger partial charge in [0.1, 0.15) is 5.82 Å². The Balaban J connectivity index is 1.01. The van der Waals surface area contributed by atoms with Gasteiger partial charge in [-0.05, 0) is 75.3 Å². The SMILES string of the molecule is O=C1NCc2cnc(Nc3ccc(N4CCC(CCCN5CCOCC5)CC4)cc3)nc2N1C1CCCC1. The van der Waals surface area contributed by atoms with Crippen molar-refractivity contribution in [2.75, 3.05) is 61.1 Å². The standard InChI is InChI=1S/C29H41N7O2/c37-29-31-21-23-20-30-28(33-27(23)36(29)26-5-1-2-6-26)32-24-7-9-25(10-8-24)35-14-11-22(12-15-35)4-3-13-34-16-18-38-19-17-34/h7-10,20,22,26H,1-6,11-19,21H2,(H,31,37)(H,30,32,33). The number of carbonyl (C=O) groups excluding carboxylic acids is 1. The van der Waals surface area contributed by atoms with Crippen LogP contribution in [0.25, 0.3) is 0 Å². The first-order chi connectivity index (χ1) is 18.7. The second-order valence-corrected chi connectivity index (χ2v) is 11.2. The first-order valence-electron chi connectivity index (χ1n) is 14.6. The summed E-state index contributed by atoms with van der Waals surface area (Å²) in [5.74, 6) is 2.13. The Morgan fingerprint density at radius 1 is 1.00 bits per heavy atom. The van der Waals surface area contributed by atoms with Crippen molar-refractivity contribution in [3.8, 4) is 0 Å². The molecular formula is C29H41N7O2. The van der Waals surface area contributed by atoms with Crippen molar-refractivity contribution in [1.82, 2.24) is 20.2 Å². The second-order valence-electron chi connectivity index (χ2n) is 11.2. The largest absolute Gasteiger partial charge is 0.379 e. The van der Waals surface area contributed by atoms with Crippen LogP contribution in [0.15, 0.2) is 30.5 Å². The summed E-state index contributed by atoms with van der Waals surface area (Å²) in [6.07, 6.45) is 11.4. The molecule has 1 aliphatic carbocycles. The molecule has 1 aromatic carbocycles. The van der Waals surface area contributed by atoms with E-state index in [1.807, 2.05) is 11.1 Å². The summed E-state index contributed by atoms with van der Waals surface area (Å²) in [6.45, 7) is 7.93. The highest BCUT2D eigenvalue weighted by molar-refractivity contribution is 5.94. The molecule has 3 fully saturated rings. The molecule has 0 unspecified atom stereocenters. The van der Waals surface area contributed by atoms with Crippen LogP contribution in [0.5, 0.6) is 0 Å². The number of hydrogen-bond donors (Lipinski definition) is 2. The number of fused-ring (bicyclic) bond motifs is 1. The summed E-state index contributed by atoms with van der Waals surface area (Å²) in [5, 5.41) is 6.33. The Kier molecular flexibility index (Phi) is 7.92. The number of morpholine rings is 1. The van der Waals surface area contributed by atoms with Gasteiger partial charge in [0.2, 0.25) is 5.95 Å². The molecule has 1 saturated carbocycles. The van der Waals surface area contributed by atoms with Gasteiger partial charge in [-0.25, -0.2) is 9.78 Å². The molecule has 2 N–H and O–H groups in total. The Bertz CT molecular complexity index is 1070. The number of amides is 2. The Hall–Kier alpha value is -2.91. The lowest BCUT2D eigenvalue weighted by Gasteiger charge is -2.34. The summed E-state index contributed by atoms with van der Waals surface area (Å²) in [7, 11) is 0. The number of nitrogens with one attached hydrogen (secondary N) is 2. The molecule has 2 amide bonds. The van der Waals surface area contributed by atoms with Gasteiger partial charge in [-0.3, -0.25) is 9.80 Å². The lowest BCUT2D eigenvalue weighted by atomic mass is 9.92. The molecule has 38 heavy (non-hydrogen) atoms. The summed E-state index contributed by atoms with van der Waals surface area (Å²) in [5.41, 5.74) is 3.21. The van der Waals surface area contributed by atoms with E-state index in [4.69, 9.17) is 9.72 Å². The Morgan fingerprint density at radius 2 is 1.76 bits per heavy atom. The first-order valence-corrected chi connectivity index (χ1v) is 14.6. The van der Waals surface area contributed by atoms with Gasteiger partial charge in [0.05, 0.1) is 13.2 Å². The maximum absolute atomic E-state index is 12.7. The van der Waals surface area contributed by atoms with Crippen LogP contribution in [0.3, 0.4) is 0 Å². The number of rotatable bonds is 8. The van der Waals surface area contributed by atoms with Crippen LogP contribution >= 0.6 is 0 Å². The molecule has 204 valence electrons. The van der Waals surface area contributed by atoms with E-state index >= 15 is 0 Å². The molecule has 2 aromatic rings. The van der Waals surface area contributed by atoms with E-state index in [2.05, 4.69) is 49.7 Å². The third kappa shape index (κ3) is 5.89. The topological polar surface area (TPSA) is 85.9 Å². The Morgan fingerprint density at radius 3 is 2.53 bits per heavy atom. The molecule has 6 rings (SSSR count). The summed E-state index contributed by atoms with van der Waals surface area (Å²) in [6, 6.07) is 8.78. The fraction of sp³-hybridized carbons (Fsp3) is 0.621.